The average Bonchev–Trinajstić information content (AvgIpc) is 2.63. The molecule has 25 heavy (non-hydrogen) atoms. The van der Waals surface area contributed by atoms with E-state index in [1.165, 1.54) is 5.56 Å². The SMILES string of the molecule is O=C(CCNc1cccc(Cl)c1)N1CCC(Cc2ccccc2)CC1. The Bertz CT molecular complexity index is 681. The number of nitrogens with one attached hydrogen (secondary N) is 1. The molecule has 1 saturated heterocycles. The van der Waals surface area contributed by atoms with Gasteiger partial charge in [-0.05, 0) is 48.9 Å². The van der Waals surface area contributed by atoms with Crippen molar-refractivity contribution in [3.05, 3.63) is 65.2 Å². The van der Waals surface area contributed by atoms with Gasteiger partial charge in [0.1, 0.15) is 0 Å². The predicted octanol–water partition coefficient (Wildman–Crippen LogP) is 4.62. The molecule has 1 fully saturated rings. The molecule has 0 spiro atoms. The Hall–Kier alpha value is -2.00. The largest absolute Gasteiger partial charge is 0.384 e. The third-order valence-corrected chi connectivity index (χ3v) is 5.06. The Morgan fingerprint density at radius 2 is 1.84 bits per heavy atom. The lowest BCUT2D eigenvalue weighted by atomic mass is 9.90. The molecule has 2 aromatic carbocycles. The highest BCUT2D eigenvalue weighted by Crippen LogP contribution is 2.22. The fourth-order valence-corrected chi connectivity index (χ4v) is 3.59. The van der Waals surface area contributed by atoms with Crippen molar-refractivity contribution >= 4 is 23.2 Å². The van der Waals surface area contributed by atoms with Crippen molar-refractivity contribution < 1.29 is 4.79 Å². The van der Waals surface area contributed by atoms with Crippen molar-refractivity contribution in [2.45, 2.75) is 25.7 Å². The molecule has 3 nitrogen and oxygen atoms in total. The standard InChI is InChI=1S/C21H25ClN2O/c22-19-7-4-8-20(16-19)23-12-9-21(25)24-13-10-18(11-14-24)15-17-5-2-1-3-6-17/h1-8,16,18,23H,9-15H2. The number of benzene rings is 2. The molecule has 1 amide bonds. The summed E-state index contributed by atoms with van der Waals surface area (Å²) < 4.78 is 0. The summed E-state index contributed by atoms with van der Waals surface area (Å²) in [6, 6.07) is 18.2. The maximum absolute atomic E-state index is 12.4. The van der Waals surface area contributed by atoms with Crippen LogP contribution in [0.5, 0.6) is 0 Å². The zero-order valence-electron chi connectivity index (χ0n) is 14.5. The highest BCUT2D eigenvalue weighted by molar-refractivity contribution is 6.30. The van der Waals surface area contributed by atoms with Gasteiger partial charge in [-0.1, -0.05) is 48.0 Å². The molecule has 1 aliphatic heterocycles. The van der Waals surface area contributed by atoms with Crippen LogP contribution in [0.25, 0.3) is 0 Å². The molecule has 0 atom stereocenters. The number of carbonyl (C=O) groups excluding carboxylic acids is 1. The molecule has 1 aliphatic rings. The van der Waals surface area contributed by atoms with E-state index in [0.29, 0.717) is 23.9 Å². The van der Waals surface area contributed by atoms with E-state index in [1.807, 2.05) is 29.2 Å². The first kappa shape index (κ1) is 17.8. The zero-order chi connectivity index (χ0) is 17.5. The lowest BCUT2D eigenvalue weighted by molar-refractivity contribution is -0.132. The van der Waals surface area contributed by atoms with Crippen LogP contribution in [0.15, 0.2) is 54.6 Å². The van der Waals surface area contributed by atoms with Crippen LogP contribution in [0.1, 0.15) is 24.8 Å². The molecule has 4 heteroatoms. The quantitative estimate of drug-likeness (QED) is 0.818. The summed E-state index contributed by atoms with van der Waals surface area (Å²) in [6.07, 6.45) is 3.85. The number of hydrogen-bond donors (Lipinski definition) is 1. The summed E-state index contributed by atoms with van der Waals surface area (Å²) in [5.74, 6) is 0.934. The fourth-order valence-electron chi connectivity index (χ4n) is 3.40. The van der Waals surface area contributed by atoms with Crippen LogP contribution in [0.2, 0.25) is 5.02 Å². The van der Waals surface area contributed by atoms with Gasteiger partial charge in [-0.25, -0.2) is 0 Å². The molecule has 132 valence electrons. The van der Waals surface area contributed by atoms with Gasteiger partial charge in [0.25, 0.3) is 0 Å². The lowest BCUT2D eigenvalue weighted by Crippen LogP contribution is -2.39. The normalized spacial score (nSPS) is 15.2. The minimum Gasteiger partial charge on any atom is -0.384 e. The van der Waals surface area contributed by atoms with Crippen LogP contribution in [0.4, 0.5) is 5.69 Å². The number of rotatable bonds is 6. The molecule has 0 unspecified atom stereocenters. The van der Waals surface area contributed by atoms with Gasteiger partial charge in [-0.2, -0.15) is 0 Å². The van der Waals surface area contributed by atoms with E-state index < -0.39 is 0 Å². The maximum Gasteiger partial charge on any atom is 0.224 e. The van der Waals surface area contributed by atoms with Gasteiger partial charge in [0.15, 0.2) is 0 Å². The minimum atomic E-state index is 0.243. The highest BCUT2D eigenvalue weighted by Gasteiger charge is 2.22. The van der Waals surface area contributed by atoms with Crippen LogP contribution in [0.3, 0.4) is 0 Å². The van der Waals surface area contributed by atoms with E-state index in [9.17, 15) is 4.79 Å². The van der Waals surface area contributed by atoms with E-state index in [-0.39, 0.29) is 5.91 Å². The van der Waals surface area contributed by atoms with Gasteiger partial charge in [0, 0.05) is 36.8 Å². The smallest absolute Gasteiger partial charge is 0.224 e. The molecule has 0 saturated carbocycles. The second-order valence-corrected chi connectivity index (χ2v) is 7.14. The van der Waals surface area contributed by atoms with Crippen molar-refractivity contribution in [3.8, 4) is 0 Å². The number of nitrogens with zero attached hydrogens (tertiary/aromatic N) is 1. The summed E-state index contributed by atoms with van der Waals surface area (Å²) in [5, 5.41) is 3.97. The lowest BCUT2D eigenvalue weighted by Gasteiger charge is -2.32. The van der Waals surface area contributed by atoms with E-state index in [0.717, 1.165) is 38.0 Å². The number of halogens is 1. The molecular formula is C21H25ClN2O. The van der Waals surface area contributed by atoms with Gasteiger partial charge < -0.3 is 10.2 Å². The number of anilines is 1. The van der Waals surface area contributed by atoms with Crippen molar-refractivity contribution in [1.29, 1.82) is 0 Å². The summed E-state index contributed by atoms with van der Waals surface area (Å²) in [4.78, 5) is 14.4. The van der Waals surface area contributed by atoms with Crippen molar-refractivity contribution in [2.75, 3.05) is 25.0 Å². The molecule has 0 radical (unpaired) electrons. The minimum absolute atomic E-state index is 0.243. The topological polar surface area (TPSA) is 32.3 Å². The molecule has 1 heterocycles. The van der Waals surface area contributed by atoms with E-state index >= 15 is 0 Å². The number of amides is 1. The number of hydrogen-bond acceptors (Lipinski definition) is 2. The monoisotopic (exact) mass is 356 g/mol. The van der Waals surface area contributed by atoms with Crippen LogP contribution < -0.4 is 5.32 Å². The van der Waals surface area contributed by atoms with Crippen LogP contribution >= 0.6 is 11.6 Å². The summed E-state index contributed by atoms with van der Waals surface area (Å²) in [6.45, 7) is 2.41. The third kappa shape index (κ3) is 5.50. The Morgan fingerprint density at radius 3 is 2.56 bits per heavy atom. The molecule has 0 bridgehead atoms. The number of carbonyl (C=O) groups is 1. The third-order valence-electron chi connectivity index (χ3n) is 4.83. The van der Waals surface area contributed by atoms with E-state index in [2.05, 4.69) is 35.6 Å². The second kappa shape index (κ2) is 8.91. The molecule has 0 aromatic heterocycles. The highest BCUT2D eigenvalue weighted by atomic mass is 35.5. The van der Waals surface area contributed by atoms with Gasteiger partial charge in [-0.15, -0.1) is 0 Å². The van der Waals surface area contributed by atoms with Gasteiger partial charge in [0.2, 0.25) is 5.91 Å². The molecule has 0 aliphatic carbocycles. The van der Waals surface area contributed by atoms with Crippen LogP contribution in [-0.4, -0.2) is 30.4 Å². The Labute approximate surface area is 155 Å². The van der Waals surface area contributed by atoms with Crippen LogP contribution in [0, 0.1) is 5.92 Å². The van der Waals surface area contributed by atoms with E-state index in [4.69, 9.17) is 11.6 Å². The molecule has 1 N–H and O–H groups in total. The van der Waals surface area contributed by atoms with Gasteiger partial charge in [0.05, 0.1) is 0 Å². The van der Waals surface area contributed by atoms with Crippen molar-refractivity contribution in [3.63, 3.8) is 0 Å². The molecule has 2 aromatic rings. The van der Waals surface area contributed by atoms with E-state index in [1.54, 1.807) is 0 Å². The maximum atomic E-state index is 12.4. The zero-order valence-corrected chi connectivity index (χ0v) is 15.2. The first-order chi connectivity index (χ1) is 12.2. The van der Waals surface area contributed by atoms with Gasteiger partial charge >= 0.3 is 0 Å². The summed E-state index contributed by atoms with van der Waals surface area (Å²) in [5.41, 5.74) is 2.36. The predicted molar refractivity (Wildman–Crippen MR) is 104 cm³/mol. The second-order valence-electron chi connectivity index (χ2n) is 6.70. The molecule has 3 rings (SSSR count). The van der Waals surface area contributed by atoms with Crippen molar-refractivity contribution in [2.24, 2.45) is 5.92 Å². The Kier molecular flexibility index (Phi) is 6.35. The fraction of sp³-hybridized carbons (Fsp3) is 0.381. The molecular weight excluding hydrogens is 332 g/mol. The first-order valence-electron chi connectivity index (χ1n) is 9.02. The summed E-state index contributed by atoms with van der Waals surface area (Å²) in [7, 11) is 0. The Morgan fingerprint density at radius 1 is 1.08 bits per heavy atom. The van der Waals surface area contributed by atoms with Crippen LogP contribution in [-0.2, 0) is 11.2 Å². The average molecular weight is 357 g/mol. The first-order valence-corrected chi connectivity index (χ1v) is 9.39. The number of piperidine rings is 1. The summed E-state index contributed by atoms with van der Waals surface area (Å²) >= 11 is 5.96. The Balaban J connectivity index is 1.38. The van der Waals surface area contributed by atoms with Gasteiger partial charge in [-0.3, -0.25) is 4.79 Å². The van der Waals surface area contributed by atoms with Crippen molar-refractivity contribution in [1.82, 2.24) is 4.90 Å². The number of likely N-dealkylation sites (tertiary alicyclic amines) is 1.